The van der Waals surface area contributed by atoms with Crippen LogP contribution >= 0.6 is 0 Å². The van der Waals surface area contributed by atoms with Crippen LogP contribution in [0.2, 0.25) is 0 Å². The van der Waals surface area contributed by atoms with Gasteiger partial charge in [-0.25, -0.2) is 33.7 Å². The van der Waals surface area contributed by atoms with Gasteiger partial charge in [-0.05, 0) is 94.0 Å². The molecule has 4 atom stereocenters. The van der Waals surface area contributed by atoms with Crippen molar-refractivity contribution in [2.24, 2.45) is 0 Å². The van der Waals surface area contributed by atoms with Crippen molar-refractivity contribution in [2.75, 3.05) is 41.9 Å². The third kappa shape index (κ3) is 9.74. The maximum absolute atomic E-state index is 12.0. The van der Waals surface area contributed by atoms with Crippen molar-refractivity contribution in [1.82, 2.24) is 0 Å². The number of hydrogen-bond acceptors (Lipinski definition) is 16. The van der Waals surface area contributed by atoms with E-state index in [4.69, 9.17) is 4.74 Å². The van der Waals surface area contributed by atoms with E-state index >= 15 is 0 Å². The number of benzene rings is 2. The average molecular weight is 896 g/mol. The van der Waals surface area contributed by atoms with E-state index in [0.717, 1.165) is 34.2 Å². The maximum atomic E-state index is 12.0. The normalized spacial score (nSPS) is 23.9. The highest BCUT2D eigenvalue weighted by atomic mass is 32.2. The number of allylic oxidation sites excluding steroid dienone is 7. The Bertz CT molecular complexity index is 2680. The van der Waals surface area contributed by atoms with Crippen LogP contribution in [0.15, 0.2) is 88.2 Å². The maximum Gasteiger partial charge on any atom is 0.209 e. The highest BCUT2D eigenvalue weighted by molar-refractivity contribution is 7.86. The van der Waals surface area contributed by atoms with E-state index in [1.807, 2.05) is 32.0 Å². The second-order valence-corrected chi connectivity index (χ2v) is 21.5. The van der Waals surface area contributed by atoms with Gasteiger partial charge in [-0.3, -0.25) is 0 Å². The first kappa shape index (κ1) is 44.8. The third-order valence-corrected chi connectivity index (χ3v) is 14.3. The first-order valence-corrected chi connectivity index (χ1v) is 24.6. The molecule has 2 aliphatic carbocycles. The van der Waals surface area contributed by atoms with Crippen LogP contribution in [0.4, 0.5) is 11.4 Å². The molecule has 0 spiro atoms. The van der Waals surface area contributed by atoms with Crippen molar-refractivity contribution < 1.29 is 71.4 Å². The lowest BCUT2D eigenvalue weighted by Gasteiger charge is -2.28. The Morgan fingerprint density at radius 3 is 2.17 bits per heavy atom. The molecular formula is C38H43N2O15S4-3. The van der Waals surface area contributed by atoms with Gasteiger partial charge < -0.3 is 38.1 Å². The Hall–Kier alpha value is -3.77. The van der Waals surface area contributed by atoms with E-state index in [1.165, 1.54) is 18.2 Å². The van der Waals surface area contributed by atoms with Crippen LogP contribution < -0.4 is 4.90 Å². The molecule has 0 bridgehead atoms. The van der Waals surface area contributed by atoms with Crippen molar-refractivity contribution >= 4 is 57.6 Å². The largest absolute Gasteiger partial charge is 0.748 e. The summed E-state index contributed by atoms with van der Waals surface area (Å²) in [6.45, 7) is 4.65. The van der Waals surface area contributed by atoms with Crippen LogP contribution in [0.5, 0.6) is 0 Å². The molecular weight excluding hydrogens is 853 g/mol. The van der Waals surface area contributed by atoms with Gasteiger partial charge in [0, 0.05) is 40.5 Å². The Kier molecular flexibility index (Phi) is 12.1. The molecule has 0 saturated heterocycles. The van der Waals surface area contributed by atoms with Crippen LogP contribution in [0.1, 0.15) is 56.2 Å². The molecule has 17 nitrogen and oxygen atoms in total. The quantitative estimate of drug-likeness (QED) is 0.105. The predicted octanol–water partition coefficient (Wildman–Crippen LogP) is 1.62. The standard InChI is InChI=1S/C38H46N2O15S4/c1-24-4-10-33-31(18-24)37(2)14-12-25(35(37)39(33)20-27(41)22-57(46,47)48)5-7-29(55-16-17-56(43,44)45)8-6-26-13-15-38(3)32-19-30(59(52,53)54)9-11-34(32)40(36(26)38)21-28(42)23-58(49,50)51/h4-11,18-19,27-28,41-42H,12-17,20-23H2,1-3H3,(H3-,43,44,45,46,47,48,49,50,51,52,53,54)/p-3. The van der Waals surface area contributed by atoms with Gasteiger partial charge in [-0.1, -0.05) is 23.8 Å². The molecule has 4 unspecified atom stereocenters. The molecule has 0 radical (unpaired) electrons. The number of nitrogens with zero attached hydrogens (tertiary/aromatic N) is 2. The van der Waals surface area contributed by atoms with Gasteiger partial charge in [-0.15, -0.1) is 0 Å². The minimum atomic E-state index is -4.87. The van der Waals surface area contributed by atoms with Crippen molar-refractivity contribution in [1.29, 1.82) is 0 Å². The molecule has 2 heterocycles. The van der Waals surface area contributed by atoms with E-state index < -0.39 is 92.3 Å². The Labute approximate surface area is 343 Å². The monoisotopic (exact) mass is 895 g/mol. The number of fused-ring (bicyclic) bond motifs is 6. The molecule has 21 heteroatoms. The van der Waals surface area contributed by atoms with E-state index in [0.29, 0.717) is 48.2 Å². The first-order chi connectivity index (χ1) is 27.2. The average Bonchev–Trinajstić information content (AvgIpc) is 3.74. The van der Waals surface area contributed by atoms with Gasteiger partial charge in [0.15, 0.2) is 12.3 Å². The minimum Gasteiger partial charge on any atom is -0.748 e. The van der Waals surface area contributed by atoms with Gasteiger partial charge in [-0.2, -0.15) is 4.58 Å². The molecule has 322 valence electrons. The molecule has 2 aliphatic heterocycles. The van der Waals surface area contributed by atoms with Crippen LogP contribution in [-0.4, -0.2) is 122 Å². The number of aliphatic hydroxyl groups is 2. The summed E-state index contributed by atoms with van der Waals surface area (Å²) in [6.07, 6.45) is 5.18. The zero-order valence-electron chi connectivity index (χ0n) is 32.2. The lowest BCUT2D eigenvalue weighted by atomic mass is 9.81. The van der Waals surface area contributed by atoms with Crippen molar-refractivity contribution in [3.05, 3.63) is 100.0 Å². The zero-order valence-corrected chi connectivity index (χ0v) is 35.5. The van der Waals surface area contributed by atoms with Gasteiger partial charge in [0.1, 0.15) is 28.6 Å². The summed E-state index contributed by atoms with van der Waals surface area (Å²) in [4.78, 5) is 1.31. The van der Waals surface area contributed by atoms with Crippen molar-refractivity contribution in [2.45, 2.75) is 74.4 Å². The first-order valence-electron chi connectivity index (χ1n) is 18.5. The highest BCUT2D eigenvalue weighted by Crippen LogP contribution is 2.56. The predicted molar refractivity (Wildman–Crippen MR) is 210 cm³/mol. The SMILES string of the molecule is Cc1ccc2c(c1)C1(C)CCC(C=CC(=CC=C3CCC4(C)C3=[N+](CC(O)CS(=O)(=O)[O-])c3ccc(S(=O)(=O)[O-])cc34)OCCS(=O)(=O)[O-])=C1N2CC(O)CS(=O)(=O)[O-]. The molecule has 4 aliphatic rings. The van der Waals surface area contributed by atoms with Crippen LogP contribution in [-0.2, 0) is 56.0 Å². The smallest absolute Gasteiger partial charge is 0.209 e. The fourth-order valence-electron chi connectivity index (χ4n) is 8.82. The van der Waals surface area contributed by atoms with Gasteiger partial charge in [0.05, 0.1) is 64.0 Å². The number of hydrogen-bond donors (Lipinski definition) is 2. The summed E-state index contributed by atoms with van der Waals surface area (Å²) < 4.78 is 147. The lowest BCUT2D eigenvalue weighted by Crippen LogP contribution is -2.36. The summed E-state index contributed by atoms with van der Waals surface area (Å²) in [5.41, 5.74) is 4.65. The molecule has 59 heavy (non-hydrogen) atoms. The van der Waals surface area contributed by atoms with E-state index in [2.05, 4.69) is 0 Å². The molecule has 0 aromatic heterocycles. The molecule has 0 amide bonds. The topological polar surface area (TPSA) is 285 Å². The van der Waals surface area contributed by atoms with Crippen molar-refractivity contribution in [3.8, 4) is 0 Å². The summed E-state index contributed by atoms with van der Waals surface area (Å²) in [6, 6.07) is 9.46. The van der Waals surface area contributed by atoms with Gasteiger partial charge >= 0.3 is 0 Å². The Morgan fingerprint density at radius 1 is 0.864 bits per heavy atom. The van der Waals surface area contributed by atoms with E-state index in [1.54, 1.807) is 34.6 Å². The molecule has 2 aromatic carbocycles. The number of rotatable bonds is 16. The number of aryl methyl sites for hydroxylation is 1. The molecule has 2 aromatic rings. The molecule has 2 N–H and O–H groups in total. The second-order valence-electron chi connectivity index (χ2n) is 15.7. The number of aliphatic hydroxyl groups excluding tert-OH is 2. The fourth-order valence-corrected chi connectivity index (χ4v) is 10.8. The number of anilines is 1. The van der Waals surface area contributed by atoms with Gasteiger partial charge in [0.25, 0.3) is 0 Å². The highest BCUT2D eigenvalue weighted by Gasteiger charge is 2.54. The number of β-amino-alcohol motifs (C(OH)–C–C–N with tert-alkyl or cyclic N) is 2. The molecule has 1 fully saturated rings. The summed E-state index contributed by atoms with van der Waals surface area (Å²) in [5, 5.41) is 21.4. The minimum absolute atomic E-state index is 0.103. The number of ether oxygens (including phenoxy) is 1. The third-order valence-electron chi connectivity index (χ3n) is 11.2. The summed E-state index contributed by atoms with van der Waals surface area (Å²) in [5.74, 6) is -2.84. The Morgan fingerprint density at radius 2 is 1.53 bits per heavy atom. The lowest BCUT2D eigenvalue weighted by molar-refractivity contribution is -0.448. The summed E-state index contributed by atoms with van der Waals surface area (Å²) in [7, 11) is -19.1. The van der Waals surface area contributed by atoms with Crippen LogP contribution in [0.25, 0.3) is 0 Å². The van der Waals surface area contributed by atoms with Crippen LogP contribution in [0, 0.1) is 6.92 Å². The zero-order chi connectivity index (χ0) is 43.5. The van der Waals surface area contributed by atoms with Gasteiger partial charge in [0.2, 0.25) is 5.69 Å². The van der Waals surface area contributed by atoms with Crippen molar-refractivity contribution in [3.63, 3.8) is 0 Å². The van der Waals surface area contributed by atoms with E-state index in [9.17, 15) is 62.1 Å². The second kappa shape index (κ2) is 15.9. The Balaban J connectivity index is 1.43. The van der Waals surface area contributed by atoms with Crippen LogP contribution in [0.3, 0.4) is 0 Å². The molecule has 6 rings (SSSR count). The summed E-state index contributed by atoms with van der Waals surface area (Å²) >= 11 is 0. The fraction of sp³-hybridized carbons (Fsp3) is 0.447. The molecule has 1 saturated carbocycles. The van der Waals surface area contributed by atoms with E-state index in [-0.39, 0.29) is 18.8 Å².